The van der Waals surface area contributed by atoms with Gasteiger partial charge in [0.25, 0.3) is 0 Å². The number of ketones is 1. The summed E-state index contributed by atoms with van der Waals surface area (Å²) in [6.45, 7) is 5.78. The molecule has 4 heteroatoms. The molecule has 0 aromatic carbocycles. The van der Waals surface area contributed by atoms with Crippen LogP contribution in [0.25, 0.3) is 0 Å². The van der Waals surface area contributed by atoms with Crippen LogP contribution in [0.2, 0.25) is 0 Å². The van der Waals surface area contributed by atoms with Gasteiger partial charge in [0.15, 0.2) is 11.5 Å². The monoisotopic (exact) mass is 182 g/mol. The first-order chi connectivity index (χ1) is 6.07. The zero-order valence-corrected chi connectivity index (χ0v) is 8.16. The molecule has 0 unspecified atom stereocenters. The summed E-state index contributed by atoms with van der Waals surface area (Å²) < 4.78 is 1.56. The molecule has 0 aliphatic heterocycles. The number of Topliss-reactive ketones (excluding diaryl/α,β-unsaturated/α-hetero) is 1. The fraction of sp³-hybridized carbons (Fsp3) is 0.556. The van der Waals surface area contributed by atoms with E-state index in [1.165, 1.54) is 6.92 Å². The van der Waals surface area contributed by atoms with Gasteiger partial charge in [0.2, 0.25) is 0 Å². The molecule has 1 heterocycles. The third kappa shape index (κ3) is 1.71. The molecule has 4 nitrogen and oxygen atoms in total. The van der Waals surface area contributed by atoms with Gasteiger partial charge >= 0.3 is 0 Å². The molecule has 0 aliphatic carbocycles. The van der Waals surface area contributed by atoms with E-state index in [4.69, 9.17) is 0 Å². The minimum Gasteiger partial charge on any atom is -0.504 e. The van der Waals surface area contributed by atoms with Gasteiger partial charge in [0.05, 0.1) is 0 Å². The Morgan fingerprint density at radius 2 is 2.23 bits per heavy atom. The number of aromatic nitrogens is 2. The maximum Gasteiger partial charge on any atom is 0.181 e. The lowest BCUT2D eigenvalue weighted by Gasteiger charge is -2.01. The summed E-state index contributed by atoms with van der Waals surface area (Å²) >= 11 is 0. The molecule has 0 radical (unpaired) electrons. The average Bonchev–Trinajstić information content (AvgIpc) is 2.28. The Labute approximate surface area is 77.2 Å². The van der Waals surface area contributed by atoms with Gasteiger partial charge < -0.3 is 5.11 Å². The van der Waals surface area contributed by atoms with Gasteiger partial charge in [-0.2, -0.15) is 5.10 Å². The highest BCUT2D eigenvalue weighted by molar-refractivity contribution is 5.95. The van der Waals surface area contributed by atoms with Crippen molar-refractivity contribution >= 4 is 5.78 Å². The maximum absolute atomic E-state index is 11.2. The van der Waals surface area contributed by atoms with E-state index < -0.39 is 0 Å². The Morgan fingerprint density at radius 1 is 1.62 bits per heavy atom. The van der Waals surface area contributed by atoms with Crippen molar-refractivity contribution in [2.24, 2.45) is 0 Å². The van der Waals surface area contributed by atoms with Crippen LogP contribution in [-0.4, -0.2) is 20.7 Å². The second kappa shape index (κ2) is 3.60. The van der Waals surface area contributed by atoms with E-state index in [0.717, 1.165) is 6.42 Å². The van der Waals surface area contributed by atoms with Crippen molar-refractivity contribution in [3.8, 4) is 5.75 Å². The molecule has 0 aliphatic rings. The van der Waals surface area contributed by atoms with E-state index in [1.807, 2.05) is 6.92 Å². The van der Waals surface area contributed by atoms with E-state index in [1.54, 1.807) is 11.6 Å². The molecule has 1 N–H and O–H groups in total. The van der Waals surface area contributed by atoms with E-state index in [-0.39, 0.29) is 11.5 Å². The van der Waals surface area contributed by atoms with E-state index >= 15 is 0 Å². The molecule has 0 saturated carbocycles. The molecule has 0 amide bonds. The van der Waals surface area contributed by atoms with Crippen LogP contribution in [0.1, 0.15) is 36.5 Å². The highest BCUT2D eigenvalue weighted by Gasteiger charge is 2.16. The molecule has 1 aromatic rings. The highest BCUT2D eigenvalue weighted by atomic mass is 16.3. The fourth-order valence-corrected chi connectivity index (χ4v) is 1.29. The third-order valence-corrected chi connectivity index (χ3v) is 1.86. The molecule has 0 bridgehead atoms. The Bertz CT molecular complexity index is 329. The van der Waals surface area contributed by atoms with Crippen molar-refractivity contribution in [3.05, 3.63) is 11.4 Å². The molecule has 0 spiro atoms. The minimum atomic E-state index is -0.147. The zero-order chi connectivity index (χ0) is 10.0. The first kappa shape index (κ1) is 9.77. The van der Waals surface area contributed by atoms with Crippen molar-refractivity contribution < 1.29 is 9.90 Å². The van der Waals surface area contributed by atoms with Gasteiger partial charge in [0.1, 0.15) is 11.4 Å². The van der Waals surface area contributed by atoms with Gasteiger partial charge in [-0.05, 0) is 13.3 Å². The normalized spacial score (nSPS) is 10.4. The molecule has 13 heavy (non-hydrogen) atoms. The summed E-state index contributed by atoms with van der Waals surface area (Å²) in [6.07, 6.45) is 0.890. The fourth-order valence-electron chi connectivity index (χ4n) is 1.29. The van der Waals surface area contributed by atoms with Crippen molar-refractivity contribution in [2.75, 3.05) is 0 Å². The van der Waals surface area contributed by atoms with Crippen LogP contribution in [0.4, 0.5) is 0 Å². The molecule has 72 valence electrons. The molecule has 0 fully saturated rings. The summed E-state index contributed by atoms with van der Waals surface area (Å²) in [5, 5.41) is 13.6. The second-order valence-electron chi connectivity index (χ2n) is 3.06. The van der Waals surface area contributed by atoms with Gasteiger partial charge in [-0.1, -0.05) is 6.92 Å². The summed E-state index contributed by atoms with van der Waals surface area (Å²) in [4.78, 5) is 11.2. The SMILES string of the molecule is CCCn1nc(C)c(O)c1C(C)=O. The Morgan fingerprint density at radius 3 is 2.69 bits per heavy atom. The van der Waals surface area contributed by atoms with Crippen molar-refractivity contribution in [3.63, 3.8) is 0 Å². The lowest BCUT2D eigenvalue weighted by molar-refractivity contribution is 0.1000. The van der Waals surface area contributed by atoms with Crippen LogP contribution < -0.4 is 0 Å². The quantitative estimate of drug-likeness (QED) is 0.721. The zero-order valence-electron chi connectivity index (χ0n) is 8.16. The molecule has 1 rings (SSSR count). The topological polar surface area (TPSA) is 55.1 Å². The number of aryl methyl sites for hydroxylation is 2. The highest BCUT2D eigenvalue weighted by Crippen LogP contribution is 2.21. The van der Waals surface area contributed by atoms with E-state index in [2.05, 4.69) is 5.10 Å². The van der Waals surface area contributed by atoms with Crippen LogP contribution in [0.3, 0.4) is 0 Å². The van der Waals surface area contributed by atoms with Gasteiger partial charge in [0, 0.05) is 13.5 Å². The summed E-state index contributed by atoms with van der Waals surface area (Å²) in [5.74, 6) is -0.132. The van der Waals surface area contributed by atoms with Crippen molar-refractivity contribution in [1.29, 1.82) is 0 Å². The Hall–Kier alpha value is -1.32. The van der Waals surface area contributed by atoms with Gasteiger partial charge in [-0.25, -0.2) is 0 Å². The van der Waals surface area contributed by atoms with Crippen molar-refractivity contribution in [1.82, 2.24) is 9.78 Å². The number of hydrogen-bond acceptors (Lipinski definition) is 3. The number of hydrogen-bond donors (Lipinski definition) is 1. The standard InChI is InChI=1S/C9H14N2O2/c1-4-5-11-8(7(3)12)9(13)6(2)10-11/h13H,4-5H2,1-3H3. The van der Waals surface area contributed by atoms with Gasteiger partial charge in [-0.15, -0.1) is 0 Å². The third-order valence-electron chi connectivity index (χ3n) is 1.86. The molecule has 0 saturated heterocycles. The number of aromatic hydroxyl groups is 1. The summed E-state index contributed by atoms with van der Waals surface area (Å²) in [7, 11) is 0. The summed E-state index contributed by atoms with van der Waals surface area (Å²) in [6, 6.07) is 0. The van der Waals surface area contributed by atoms with Crippen LogP contribution >= 0.6 is 0 Å². The minimum absolute atomic E-state index is 0.0148. The number of carbonyl (C=O) groups is 1. The maximum atomic E-state index is 11.2. The van der Waals surface area contributed by atoms with Gasteiger partial charge in [-0.3, -0.25) is 9.48 Å². The number of rotatable bonds is 3. The average molecular weight is 182 g/mol. The van der Waals surface area contributed by atoms with E-state index in [9.17, 15) is 9.90 Å². The predicted octanol–water partition coefficient (Wildman–Crippen LogP) is 1.51. The van der Waals surface area contributed by atoms with Crippen LogP contribution in [0.15, 0.2) is 0 Å². The number of nitrogens with zero attached hydrogens (tertiary/aromatic N) is 2. The second-order valence-corrected chi connectivity index (χ2v) is 3.06. The van der Waals surface area contributed by atoms with Crippen LogP contribution in [-0.2, 0) is 6.54 Å². The van der Waals surface area contributed by atoms with Crippen LogP contribution in [0, 0.1) is 6.92 Å². The molecule has 0 atom stereocenters. The smallest absolute Gasteiger partial charge is 0.181 e. The predicted molar refractivity (Wildman–Crippen MR) is 48.9 cm³/mol. The first-order valence-corrected chi connectivity index (χ1v) is 4.35. The van der Waals surface area contributed by atoms with Crippen LogP contribution in [0.5, 0.6) is 5.75 Å². The summed E-state index contributed by atoms with van der Waals surface area (Å²) in [5.41, 5.74) is 0.831. The Balaban J connectivity index is 3.18. The molecular weight excluding hydrogens is 168 g/mol. The molecule has 1 aromatic heterocycles. The molecular formula is C9H14N2O2. The largest absolute Gasteiger partial charge is 0.504 e. The van der Waals surface area contributed by atoms with E-state index in [0.29, 0.717) is 17.9 Å². The lowest BCUT2D eigenvalue weighted by Crippen LogP contribution is -2.07. The number of carbonyl (C=O) groups excluding carboxylic acids is 1. The lowest BCUT2D eigenvalue weighted by atomic mass is 10.2. The first-order valence-electron chi connectivity index (χ1n) is 4.35. The Kier molecular flexibility index (Phi) is 2.70. The van der Waals surface area contributed by atoms with Crippen molar-refractivity contribution in [2.45, 2.75) is 33.7 Å².